The summed E-state index contributed by atoms with van der Waals surface area (Å²) in [5.41, 5.74) is 0. The number of rotatable bonds is 6. The molecule has 0 aliphatic heterocycles. The normalized spacial score (nSPS) is 9.67. The van der Waals surface area contributed by atoms with E-state index < -0.39 is 0 Å². The SMILES string of the molecule is C#CCNC(=O)CNc1cncc(OC(C)C)n1. The van der Waals surface area contributed by atoms with E-state index in [4.69, 9.17) is 11.2 Å². The van der Waals surface area contributed by atoms with E-state index in [2.05, 4.69) is 26.5 Å². The molecule has 0 aliphatic rings. The Morgan fingerprint density at radius 3 is 3.00 bits per heavy atom. The molecule has 0 aromatic carbocycles. The molecule has 0 fully saturated rings. The molecule has 0 bridgehead atoms. The van der Waals surface area contributed by atoms with Crippen LogP contribution < -0.4 is 15.4 Å². The van der Waals surface area contributed by atoms with Crippen molar-refractivity contribution >= 4 is 11.7 Å². The van der Waals surface area contributed by atoms with Crippen molar-refractivity contribution in [3.05, 3.63) is 12.4 Å². The molecule has 1 amide bonds. The Hall–Kier alpha value is -2.29. The van der Waals surface area contributed by atoms with Crippen molar-refractivity contribution in [1.29, 1.82) is 0 Å². The summed E-state index contributed by atoms with van der Waals surface area (Å²) in [6.45, 7) is 4.09. The van der Waals surface area contributed by atoms with Crippen LogP contribution in [0.4, 0.5) is 5.82 Å². The number of nitrogens with zero attached hydrogens (tertiary/aromatic N) is 2. The maximum Gasteiger partial charge on any atom is 0.240 e. The highest BCUT2D eigenvalue weighted by atomic mass is 16.5. The standard InChI is InChI=1S/C12H16N4O2/c1-4-5-14-11(17)7-15-10-6-13-8-12(16-10)18-9(2)3/h1,6,8-9H,5,7H2,2-3H3,(H,14,17)(H,15,16). The van der Waals surface area contributed by atoms with Crippen LogP contribution in [0.3, 0.4) is 0 Å². The lowest BCUT2D eigenvalue weighted by atomic mass is 10.5. The average Bonchev–Trinajstić information content (AvgIpc) is 2.33. The fourth-order valence-electron chi connectivity index (χ4n) is 1.11. The van der Waals surface area contributed by atoms with Crippen LogP contribution in [-0.2, 0) is 4.79 Å². The van der Waals surface area contributed by atoms with Crippen LogP contribution >= 0.6 is 0 Å². The van der Waals surface area contributed by atoms with E-state index in [-0.39, 0.29) is 25.1 Å². The fourth-order valence-corrected chi connectivity index (χ4v) is 1.11. The third-order valence-electron chi connectivity index (χ3n) is 1.79. The predicted octanol–water partition coefficient (Wildman–Crippen LogP) is 0.425. The minimum atomic E-state index is -0.204. The van der Waals surface area contributed by atoms with Crippen LogP contribution in [0.15, 0.2) is 12.4 Å². The molecule has 6 nitrogen and oxygen atoms in total. The van der Waals surface area contributed by atoms with Gasteiger partial charge in [-0.05, 0) is 13.8 Å². The maximum atomic E-state index is 11.3. The molecule has 0 atom stereocenters. The number of amides is 1. The molecule has 0 spiro atoms. The van der Waals surface area contributed by atoms with Gasteiger partial charge in [0.05, 0.1) is 31.6 Å². The average molecular weight is 248 g/mol. The van der Waals surface area contributed by atoms with E-state index in [1.807, 2.05) is 13.8 Å². The van der Waals surface area contributed by atoms with Gasteiger partial charge in [-0.15, -0.1) is 6.42 Å². The van der Waals surface area contributed by atoms with Gasteiger partial charge in [0.2, 0.25) is 11.8 Å². The molecule has 0 unspecified atom stereocenters. The van der Waals surface area contributed by atoms with E-state index in [1.54, 1.807) is 0 Å². The number of hydrogen-bond donors (Lipinski definition) is 2. The quantitative estimate of drug-likeness (QED) is 0.714. The van der Waals surface area contributed by atoms with Gasteiger partial charge < -0.3 is 15.4 Å². The highest BCUT2D eigenvalue weighted by Gasteiger charge is 2.04. The molecule has 2 N–H and O–H groups in total. The van der Waals surface area contributed by atoms with Gasteiger partial charge in [-0.2, -0.15) is 4.98 Å². The zero-order valence-electron chi connectivity index (χ0n) is 10.4. The summed E-state index contributed by atoms with van der Waals surface area (Å²) in [4.78, 5) is 19.4. The molecule has 96 valence electrons. The Labute approximate surface area is 106 Å². The minimum Gasteiger partial charge on any atom is -0.474 e. The van der Waals surface area contributed by atoms with Gasteiger partial charge in [0.25, 0.3) is 0 Å². The van der Waals surface area contributed by atoms with E-state index in [0.717, 1.165) is 0 Å². The minimum absolute atomic E-state index is 0.0217. The van der Waals surface area contributed by atoms with Crippen LogP contribution in [0.5, 0.6) is 5.88 Å². The summed E-state index contributed by atoms with van der Waals surface area (Å²) in [5, 5.41) is 5.37. The number of carbonyl (C=O) groups excluding carboxylic acids is 1. The number of anilines is 1. The molecule has 0 radical (unpaired) electrons. The highest BCUT2D eigenvalue weighted by molar-refractivity contribution is 5.80. The van der Waals surface area contributed by atoms with Crippen LogP contribution in [0.1, 0.15) is 13.8 Å². The second kappa shape index (κ2) is 7.12. The van der Waals surface area contributed by atoms with Crippen molar-refractivity contribution in [1.82, 2.24) is 15.3 Å². The van der Waals surface area contributed by atoms with Gasteiger partial charge in [0.1, 0.15) is 5.82 Å². The molecular weight excluding hydrogens is 232 g/mol. The van der Waals surface area contributed by atoms with Crippen molar-refractivity contribution in [3.63, 3.8) is 0 Å². The molecule has 1 aromatic rings. The number of nitrogens with one attached hydrogen (secondary N) is 2. The summed E-state index contributed by atoms with van der Waals surface area (Å²) in [5.74, 6) is 3.01. The lowest BCUT2D eigenvalue weighted by Crippen LogP contribution is -2.30. The van der Waals surface area contributed by atoms with Crippen molar-refractivity contribution < 1.29 is 9.53 Å². The summed E-state index contributed by atoms with van der Waals surface area (Å²) >= 11 is 0. The van der Waals surface area contributed by atoms with Crippen molar-refractivity contribution in [2.45, 2.75) is 20.0 Å². The molecule has 0 aliphatic carbocycles. The van der Waals surface area contributed by atoms with Gasteiger partial charge in [0, 0.05) is 0 Å². The maximum absolute atomic E-state index is 11.3. The topological polar surface area (TPSA) is 76.1 Å². The molecule has 6 heteroatoms. The van der Waals surface area contributed by atoms with Crippen molar-refractivity contribution in [2.75, 3.05) is 18.4 Å². The summed E-state index contributed by atoms with van der Waals surface area (Å²) < 4.78 is 5.39. The Morgan fingerprint density at radius 2 is 2.33 bits per heavy atom. The van der Waals surface area contributed by atoms with Gasteiger partial charge in [-0.25, -0.2) is 0 Å². The van der Waals surface area contributed by atoms with Crippen LogP contribution in [0.2, 0.25) is 0 Å². The number of aromatic nitrogens is 2. The Kier molecular flexibility index (Phi) is 5.45. The summed E-state index contributed by atoms with van der Waals surface area (Å²) in [7, 11) is 0. The Morgan fingerprint density at radius 1 is 1.56 bits per heavy atom. The molecule has 1 aromatic heterocycles. The van der Waals surface area contributed by atoms with Crippen LogP contribution in [0.25, 0.3) is 0 Å². The Balaban J connectivity index is 2.47. The first-order chi connectivity index (χ1) is 8.61. The van der Waals surface area contributed by atoms with Crippen molar-refractivity contribution in [2.24, 2.45) is 0 Å². The summed E-state index contributed by atoms with van der Waals surface area (Å²) in [6.07, 6.45) is 8.08. The first-order valence-corrected chi connectivity index (χ1v) is 5.54. The van der Waals surface area contributed by atoms with Crippen LogP contribution in [0, 0.1) is 12.3 Å². The molecular formula is C12H16N4O2. The van der Waals surface area contributed by atoms with Gasteiger partial charge in [-0.3, -0.25) is 9.78 Å². The van der Waals surface area contributed by atoms with Gasteiger partial charge >= 0.3 is 0 Å². The van der Waals surface area contributed by atoms with E-state index in [0.29, 0.717) is 11.7 Å². The molecule has 0 saturated carbocycles. The third-order valence-corrected chi connectivity index (χ3v) is 1.79. The first-order valence-electron chi connectivity index (χ1n) is 5.54. The largest absolute Gasteiger partial charge is 0.474 e. The van der Waals surface area contributed by atoms with Crippen LogP contribution in [-0.4, -0.2) is 35.1 Å². The lowest BCUT2D eigenvalue weighted by molar-refractivity contribution is -0.119. The highest BCUT2D eigenvalue weighted by Crippen LogP contribution is 2.10. The number of ether oxygens (including phenoxy) is 1. The fraction of sp³-hybridized carbons (Fsp3) is 0.417. The number of carbonyl (C=O) groups is 1. The predicted molar refractivity (Wildman–Crippen MR) is 68.1 cm³/mol. The van der Waals surface area contributed by atoms with Crippen molar-refractivity contribution in [3.8, 4) is 18.2 Å². The second-order valence-corrected chi connectivity index (χ2v) is 3.74. The third kappa shape index (κ3) is 5.16. The molecule has 1 heterocycles. The van der Waals surface area contributed by atoms with Gasteiger partial charge in [-0.1, -0.05) is 5.92 Å². The Bertz CT molecular complexity index is 440. The van der Waals surface area contributed by atoms with Gasteiger partial charge in [0.15, 0.2) is 0 Å². The summed E-state index contributed by atoms with van der Waals surface area (Å²) in [6, 6.07) is 0. The molecule has 0 saturated heterocycles. The second-order valence-electron chi connectivity index (χ2n) is 3.74. The zero-order chi connectivity index (χ0) is 13.4. The van der Waals surface area contributed by atoms with E-state index >= 15 is 0 Å². The monoisotopic (exact) mass is 248 g/mol. The number of terminal acetylenes is 1. The smallest absolute Gasteiger partial charge is 0.240 e. The van der Waals surface area contributed by atoms with E-state index in [1.165, 1.54) is 12.4 Å². The molecule has 1 rings (SSSR count). The van der Waals surface area contributed by atoms with E-state index in [9.17, 15) is 4.79 Å². The molecule has 18 heavy (non-hydrogen) atoms. The number of hydrogen-bond acceptors (Lipinski definition) is 5. The zero-order valence-corrected chi connectivity index (χ0v) is 10.4. The lowest BCUT2D eigenvalue weighted by Gasteiger charge is -2.10. The first kappa shape index (κ1) is 13.8.